The van der Waals surface area contributed by atoms with E-state index < -0.39 is 0 Å². The van der Waals surface area contributed by atoms with Gasteiger partial charge in [-0.2, -0.15) is 5.10 Å². The minimum Gasteiger partial charge on any atom is -0.493 e. The lowest BCUT2D eigenvalue weighted by Crippen LogP contribution is -2.32. The summed E-state index contributed by atoms with van der Waals surface area (Å²) >= 11 is 0. The van der Waals surface area contributed by atoms with E-state index in [0.717, 1.165) is 50.1 Å². The van der Waals surface area contributed by atoms with Crippen LogP contribution >= 0.6 is 12.4 Å². The maximum Gasteiger partial charge on any atom is 0.272 e. The van der Waals surface area contributed by atoms with Crippen LogP contribution in [0, 0.1) is 0 Å². The highest BCUT2D eigenvalue weighted by Gasteiger charge is 2.17. The third-order valence-electron chi connectivity index (χ3n) is 4.92. The quantitative estimate of drug-likeness (QED) is 0.606. The van der Waals surface area contributed by atoms with E-state index in [-0.39, 0.29) is 18.3 Å². The van der Waals surface area contributed by atoms with Gasteiger partial charge in [0.25, 0.3) is 5.91 Å². The van der Waals surface area contributed by atoms with Gasteiger partial charge in [0.2, 0.25) is 0 Å². The standard InChI is InChI=1S/C21H30N4O3.ClH/c1-3-4-12-28-19-8-7-16(13-20(19)27-2)14-23-21(26)18-9-11-25(24-18)17-6-5-10-22-15-17;/h7-9,11,13,17,22H,3-6,10,12,14-15H2,1-2H3,(H,23,26);1H. The second-order valence-electron chi connectivity index (χ2n) is 7.05. The number of nitrogens with one attached hydrogen (secondary N) is 2. The van der Waals surface area contributed by atoms with Crippen LogP contribution in [0.3, 0.4) is 0 Å². The van der Waals surface area contributed by atoms with Crippen molar-refractivity contribution in [3.8, 4) is 11.5 Å². The van der Waals surface area contributed by atoms with Gasteiger partial charge in [0, 0.05) is 19.3 Å². The molecular formula is C21H31ClN4O3. The molecule has 1 aromatic carbocycles. The number of rotatable bonds is 9. The second kappa shape index (κ2) is 11.7. The van der Waals surface area contributed by atoms with Crippen molar-refractivity contribution in [3.63, 3.8) is 0 Å². The summed E-state index contributed by atoms with van der Waals surface area (Å²) in [4.78, 5) is 12.5. The Morgan fingerprint density at radius 3 is 2.93 bits per heavy atom. The lowest BCUT2D eigenvalue weighted by Gasteiger charge is -2.22. The number of piperidine rings is 1. The normalized spacial score (nSPS) is 16.0. The smallest absolute Gasteiger partial charge is 0.272 e. The Morgan fingerprint density at radius 1 is 1.34 bits per heavy atom. The van der Waals surface area contributed by atoms with Crippen LogP contribution in [-0.4, -0.2) is 42.5 Å². The molecule has 1 saturated heterocycles. The van der Waals surface area contributed by atoms with Crippen LogP contribution in [0.5, 0.6) is 11.5 Å². The Labute approximate surface area is 178 Å². The van der Waals surface area contributed by atoms with E-state index in [4.69, 9.17) is 9.47 Å². The molecule has 1 unspecified atom stereocenters. The first kappa shape index (κ1) is 23.0. The molecule has 2 N–H and O–H groups in total. The number of nitrogens with zero attached hydrogens (tertiary/aromatic N) is 2. The molecule has 0 aliphatic carbocycles. The minimum atomic E-state index is -0.176. The van der Waals surface area contributed by atoms with E-state index >= 15 is 0 Å². The average molecular weight is 423 g/mol. The van der Waals surface area contributed by atoms with E-state index in [1.807, 2.05) is 29.1 Å². The minimum absolute atomic E-state index is 0. The molecule has 1 aliphatic rings. The number of amides is 1. The number of methoxy groups -OCH3 is 1. The van der Waals surface area contributed by atoms with Crippen LogP contribution in [0.1, 0.15) is 54.7 Å². The van der Waals surface area contributed by atoms with Crippen LogP contribution < -0.4 is 20.1 Å². The number of hydrogen-bond acceptors (Lipinski definition) is 5. The molecule has 0 bridgehead atoms. The molecule has 1 aliphatic heterocycles. The first-order valence-corrected chi connectivity index (χ1v) is 10.0. The van der Waals surface area contributed by atoms with Gasteiger partial charge in [-0.1, -0.05) is 19.4 Å². The Bertz CT molecular complexity index is 775. The van der Waals surface area contributed by atoms with Crippen LogP contribution in [0.25, 0.3) is 0 Å². The summed E-state index contributed by atoms with van der Waals surface area (Å²) < 4.78 is 13.1. The predicted octanol–water partition coefficient (Wildman–Crippen LogP) is 3.35. The molecule has 1 amide bonds. The molecule has 2 heterocycles. The zero-order valence-corrected chi connectivity index (χ0v) is 18.0. The summed E-state index contributed by atoms with van der Waals surface area (Å²) in [6.07, 6.45) is 6.19. The Morgan fingerprint density at radius 2 is 2.21 bits per heavy atom. The van der Waals surface area contributed by atoms with Crippen LogP contribution in [0.2, 0.25) is 0 Å². The van der Waals surface area contributed by atoms with Gasteiger partial charge in [-0.3, -0.25) is 9.48 Å². The van der Waals surface area contributed by atoms with Crippen molar-refractivity contribution in [3.05, 3.63) is 41.7 Å². The molecule has 2 aromatic rings. The fourth-order valence-corrected chi connectivity index (χ4v) is 3.26. The summed E-state index contributed by atoms with van der Waals surface area (Å²) in [6, 6.07) is 7.82. The van der Waals surface area contributed by atoms with Gasteiger partial charge in [-0.05, 0) is 49.6 Å². The van der Waals surface area contributed by atoms with E-state index in [1.54, 1.807) is 13.2 Å². The fraction of sp³-hybridized carbons (Fsp3) is 0.524. The number of carbonyl (C=O) groups excluding carboxylic acids is 1. The van der Waals surface area contributed by atoms with Gasteiger partial charge in [0.15, 0.2) is 11.5 Å². The van der Waals surface area contributed by atoms with Gasteiger partial charge in [0.1, 0.15) is 5.69 Å². The molecule has 1 atom stereocenters. The first-order valence-electron chi connectivity index (χ1n) is 10.0. The number of aromatic nitrogens is 2. The summed E-state index contributed by atoms with van der Waals surface area (Å²) in [5.41, 5.74) is 1.39. The Kier molecular flexibility index (Phi) is 9.28. The van der Waals surface area contributed by atoms with Crippen molar-refractivity contribution < 1.29 is 14.3 Å². The molecule has 160 valence electrons. The number of unbranched alkanes of at least 4 members (excludes halogenated alkanes) is 1. The summed E-state index contributed by atoms with van der Waals surface area (Å²) in [5, 5.41) is 10.7. The third kappa shape index (κ3) is 6.37. The molecule has 0 saturated carbocycles. The lowest BCUT2D eigenvalue weighted by molar-refractivity contribution is 0.0944. The number of benzene rings is 1. The number of carbonyl (C=O) groups is 1. The molecule has 29 heavy (non-hydrogen) atoms. The third-order valence-corrected chi connectivity index (χ3v) is 4.92. The van der Waals surface area contributed by atoms with E-state index in [2.05, 4.69) is 22.7 Å². The van der Waals surface area contributed by atoms with Crippen molar-refractivity contribution >= 4 is 18.3 Å². The maximum absolute atomic E-state index is 12.5. The van der Waals surface area contributed by atoms with Gasteiger partial charge in [-0.25, -0.2) is 0 Å². The van der Waals surface area contributed by atoms with Crippen molar-refractivity contribution in [2.75, 3.05) is 26.8 Å². The molecule has 0 radical (unpaired) electrons. The monoisotopic (exact) mass is 422 g/mol. The van der Waals surface area contributed by atoms with Gasteiger partial charge in [-0.15, -0.1) is 12.4 Å². The molecule has 0 spiro atoms. The lowest BCUT2D eigenvalue weighted by atomic mass is 10.1. The number of halogens is 1. The van der Waals surface area contributed by atoms with Gasteiger partial charge >= 0.3 is 0 Å². The highest BCUT2D eigenvalue weighted by molar-refractivity contribution is 5.92. The fourth-order valence-electron chi connectivity index (χ4n) is 3.26. The van der Waals surface area contributed by atoms with E-state index in [0.29, 0.717) is 30.6 Å². The van der Waals surface area contributed by atoms with Crippen molar-refractivity contribution in [2.45, 2.75) is 45.2 Å². The molecule has 1 aromatic heterocycles. The zero-order chi connectivity index (χ0) is 19.8. The van der Waals surface area contributed by atoms with E-state index in [9.17, 15) is 4.79 Å². The highest BCUT2D eigenvalue weighted by atomic mass is 35.5. The summed E-state index contributed by atoms with van der Waals surface area (Å²) in [5.74, 6) is 1.23. The number of ether oxygens (including phenoxy) is 2. The average Bonchev–Trinajstić information content (AvgIpc) is 3.24. The SMILES string of the molecule is CCCCOc1ccc(CNC(=O)c2ccn(C3CCCNC3)n2)cc1OC.Cl. The Hall–Kier alpha value is -2.25. The highest BCUT2D eigenvalue weighted by Crippen LogP contribution is 2.28. The topological polar surface area (TPSA) is 77.4 Å². The molecule has 1 fully saturated rings. The van der Waals surface area contributed by atoms with E-state index in [1.165, 1.54) is 0 Å². The van der Waals surface area contributed by atoms with Crippen LogP contribution in [-0.2, 0) is 6.54 Å². The zero-order valence-electron chi connectivity index (χ0n) is 17.1. The second-order valence-corrected chi connectivity index (χ2v) is 7.05. The van der Waals surface area contributed by atoms with Crippen molar-refractivity contribution in [2.24, 2.45) is 0 Å². The number of hydrogen-bond donors (Lipinski definition) is 2. The summed E-state index contributed by atoms with van der Waals surface area (Å²) in [6.45, 7) is 5.15. The summed E-state index contributed by atoms with van der Waals surface area (Å²) in [7, 11) is 1.62. The van der Waals surface area contributed by atoms with Crippen LogP contribution in [0.15, 0.2) is 30.5 Å². The van der Waals surface area contributed by atoms with Crippen molar-refractivity contribution in [1.82, 2.24) is 20.4 Å². The van der Waals surface area contributed by atoms with Crippen molar-refractivity contribution in [1.29, 1.82) is 0 Å². The van der Waals surface area contributed by atoms with Gasteiger partial charge in [0.05, 0.1) is 19.8 Å². The molecule has 7 nitrogen and oxygen atoms in total. The Balaban J connectivity index is 0.00000300. The first-order chi connectivity index (χ1) is 13.7. The molecule has 8 heteroatoms. The molecule has 3 rings (SSSR count). The van der Waals surface area contributed by atoms with Crippen LogP contribution in [0.4, 0.5) is 0 Å². The van der Waals surface area contributed by atoms with Gasteiger partial charge < -0.3 is 20.1 Å². The largest absolute Gasteiger partial charge is 0.493 e. The predicted molar refractivity (Wildman–Crippen MR) is 115 cm³/mol. The maximum atomic E-state index is 12.5. The molecular weight excluding hydrogens is 392 g/mol.